The molecule has 0 radical (unpaired) electrons. The fourth-order valence-corrected chi connectivity index (χ4v) is 3.96. The van der Waals surface area contributed by atoms with Crippen LogP contribution >= 0.6 is 0 Å². The number of carboxylic acid groups (broad SMARTS) is 1. The fraction of sp³-hybridized carbons (Fsp3) is 0.529. The molecule has 0 spiro atoms. The zero-order valence-corrected chi connectivity index (χ0v) is 13.4. The maximum absolute atomic E-state index is 11.3. The van der Waals surface area contributed by atoms with E-state index >= 15 is 0 Å². The number of amides is 1. The summed E-state index contributed by atoms with van der Waals surface area (Å²) in [6, 6.07) is 6.31. The van der Waals surface area contributed by atoms with Crippen LogP contribution in [0.2, 0.25) is 0 Å². The SMILES string of the molecule is CCC1CN(c2nc3cccc4c3n2CCC4)CCN1C(=O)[O-]. The van der Waals surface area contributed by atoms with Crippen molar-refractivity contribution >= 4 is 23.1 Å². The standard InChI is InChI=1S/C17H22N4O2/c1-2-13-11-19(9-10-20(13)17(22)23)16-18-14-7-3-5-12-6-4-8-21(16)15(12)14/h3,5,7,13H,2,4,6,8-11H2,1H3,(H,22,23)/p-1. The quantitative estimate of drug-likeness (QED) is 0.836. The molecule has 3 heterocycles. The number of imidazole rings is 1. The van der Waals surface area contributed by atoms with Crippen LogP contribution < -0.4 is 10.0 Å². The van der Waals surface area contributed by atoms with Gasteiger partial charge in [0.15, 0.2) is 0 Å². The highest BCUT2D eigenvalue weighted by Gasteiger charge is 2.29. The average molecular weight is 313 g/mol. The number of anilines is 1. The molecule has 6 nitrogen and oxygen atoms in total. The number of rotatable bonds is 2. The van der Waals surface area contributed by atoms with Gasteiger partial charge in [-0.25, -0.2) is 4.98 Å². The predicted octanol–water partition coefficient (Wildman–Crippen LogP) is 1.23. The van der Waals surface area contributed by atoms with E-state index in [0.29, 0.717) is 19.6 Å². The number of piperazine rings is 1. The summed E-state index contributed by atoms with van der Waals surface area (Å²) in [6.07, 6.45) is 1.97. The molecule has 0 N–H and O–H groups in total. The Morgan fingerprint density at radius 1 is 1.35 bits per heavy atom. The summed E-state index contributed by atoms with van der Waals surface area (Å²) in [5.41, 5.74) is 3.67. The molecule has 1 saturated heterocycles. The summed E-state index contributed by atoms with van der Waals surface area (Å²) in [7, 11) is 0. The zero-order valence-electron chi connectivity index (χ0n) is 13.4. The maximum atomic E-state index is 11.3. The highest BCUT2D eigenvalue weighted by molar-refractivity contribution is 5.83. The van der Waals surface area contributed by atoms with Crippen LogP contribution in [0, 0.1) is 0 Å². The van der Waals surface area contributed by atoms with Gasteiger partial charge in [-0.3, -0.25) is 0 Å². The molecule has 1 fully saturated rings. The number of aromatic nitrogens is 2. The van der Waals surface area contributed by atoms with E-state index in [-0.39, 0.29) is 6.04 Å². The first-order valence-corrected chi connectivity index (χ1v) is 8.39. The summed E-state index contributed by atoms with van der Waals surface area (Å²) >= 11 is 0. The van der Waals surface area contributed by atoms with Crippen LogP contribution in [-0.4, -0.2) is 46.2 Å². The maximum Gasteiger partial charge on any atom is 0.206 e. The Morgan fingerprint density at radius 2 is 2.22 bits per heavy atom. The molecular weight excluding hydrogens is 292 g/mol. The van der Waals surface area contributed by atoms with Gasteiger partial charge in [0.05, 0.1) is 11.0 Å². The Kier molecular flexibility index (Phi) is 3.39. The van der Waals surface area contributed by atoms with Crippen LogP contribution in [0.15, 0.2) is 18.2 Å². The zero-order chi connectivity index (χ0) is 16.0. The monoisotopic (exact) mass is 313 g/mol. The van der Waals surface area contributed by atoms with Gasteiger partial charge in [-0.1, -0.05) is 19.1 Å². The van der Waals surface area contributed by atoms with Gasteiger partial charge in [0.2, 0.25) is 5.95 Å². The first kappa shape index (κ1) is 14.4. The largest absolute Gasteiger partial charge is 0.530 e. The summed E-state index contributed by atoms with van der Waals surface area (Å²) in [5.74, 6) is 0.989. The van der Waals surface area contributed by atoms with Gasteiger partial charge in [0, 0.05) is 32.2 Å². The second-order valence-electron chi connectivity index (χ2n) is 6.42. The van der Waals surface area contributed by atoms with Crippen molar-refractivity contribution in [1.29, 1.82) is 0 Å². The molecule has 0 saturated carbocycles. The summed E-state index contributed by atoms with van der Waals surface area (Å²) in [6.45, 7) is 4.85. The number of hydrogen-bond donors (Lipinski definition) is 0. The number of hydrogen-bond acceptors (Lipinski definition) is 4. The lowest BCUT2D eigenvalue weighted by Crippen LogP contribution is -2.58. The van der Waals surface area contributed by atoms with E-state index in [1.165, 1.54) is 16.0 Å². The van der Waals surface area contributed by atoms with E-state index in [9.17, 15) is 9.90 Å². The van der Waals surface area contributed by atoms with E-state index in [4.69, 9.17) is 4.98 Å². The Morgan fingerprint density at radius 3 is 3.00 bits per heavy atom. The average Bonchev–Trinajstić information content (AvgIpc) is 2.95. The summed E-state index contributed by atoms with van der Waals surface area (Å²) in [4.78, 5) is 19.8. The van der Waals surface area contributed by atoms with E-state index in [2.05, 4.69) is 27.7 Å². The third-order valence-corrected chi connectivity index (χ3v) is 5.13. The Labute approximate surface area is 135 Å². The Bertz CT molecular complexity index is 754. The van der Waals surface area contributed by atoms with Crippen LogP contribution in [0.4, 0.5) is 10.7 Å². The molecule has 1 aromatic carbocycles. The Balaban J connectivity index is 1.71. The topological polar surface area (TPSA) is 64.4 Å². The molecule has 1 unspecified atom stereocenters. The lowest BCUT2D eigenvalue weighted by Gasteiger charge is -2.43. The smallest absolute Gasteiger partial charge is 0.206 e. The molecule has 1 aromatic heterocycles. The third kappa shape index (κ3) is 2.24. The number of carbonyl (C=O) groups is 1. The first-order valence-electron chi connectivity index (χ1n) is 8.39. The number of carbonyl (C=O) groups excluding carboxylic acids is 1. The van der Waals surface area contributed by atoms with Gasteiger partial charge in [-0.15, -0.1) is 0 Å². The number of aryl methyl sites for hydroxylation is 2. The van der Waals surface area contributed by atoms with Crippen molar-refractivity contribution in [3.05, 3.63) is 23.8 Å². The molecule has 0 bridgehead atoms. The Hall–Kier alpha value is -2.24. The summed E-state index contributed by atoms with van der Waals surface area (Å²) in [5, 5.41) is 11.3. The van der Waals surface area contributed by atoms with Gasteiger partial charge in [0.1, 0.15) is 6.09 Å². The number of benzene rings is 1. The molecule has 1 amide bonds. The van der Waals surface area contributed by atoms with Crippen LogP contribution in [0.5, 0.6) is 0 Å². The molecule has 1 atom stereocenters. The van der Waals surface area contributed by atoms with Crippen LogP contribution in [0.3, 0.4) is 0 Å². The van der Waals surface area contributed by atoms with Gasteiger partial charge in [-0.05, 0) is 30.9 Å². The van der Waals surface area contributed by atoms with E-state index in [1.54, 1.807) is 0 Å². The summed E-state index contributed by atoms with van der Waals surface area (Å²) < 4.78 is 2.32. The van der Waals surface area contributed by atoms with Gasteiger partial charge in [-0.2, -0.15) is 0 Å². The minimum absolute atomic E-state index is 0.0237. The van der Waals surface area contributed by atoms with Gasteiger partial charge < -0.3 is 24.3 Å². The van der Waals surface area contributed by atoms with Crippen molar-refractivity contribution in [3.63, 3.8) is 0 Å². The highest BCUT2D eigenvalue weighted by Crippen LogP contribution is 2.31. The molecule has 2 aromatic rings. The van der Waals surface area contributed by atoms with E-state index in [1.807, 2.05) is 6.92 Å². The molecule has 6 heteroatoms. The fourth-order valence-electron chi connectivity index (χ4n) is 3.96. The van der Waals surface area contributed by atoms with Crippen molar-refractivity contribution < 1.29 is 9.90 Å². The second-order valence-corrected chi connectivity index (χ2v) is 6.42. The third-order valence-electron chi connectivity index (χ3n) is 5.13. The van der Waals surface area contributed by atoms with Crippen LogP contribution in [0.25, 0.3) is 11.0 Å². The molecule has 4 rings (SSSR count). The lowest BCUT2D eigenvalue weighted by molar-refractivity contribution is -0.268. The molecule has 0 aliphatic carbocycles. The van der Waals surface area contributed by atoms with E-state index < -0.39 is 6.09 Å². The second kappa shape index (κ2) is 5.44. The number of nitrogens with zero attached hydrogens (tertiary/aromatic N) is 4. The van der Waals surface area contributed by atoms with Crippen LogP contribution in [0.1, 0.15) is 25.3 Å². The van der Waals surface area contributed by atoms with Crippen LogP contribution in [-0.2, 0) is 13.0 Å². The molecular formula is C17H21N4O2-. The van der Waals surface area contributed by atoms with Gasteiger partial charge >= 0.3 is 0 Å². The van der Waals surface area contributed by atoms with Crippen molar-refractivity contribution in [2.45, 2.75) is 38.8 Å². The van der Waals surface area contributed by atoms with Crippen molar-refractivity contribution in [3.8, 4) is 0 Å². The van der Waals surface area contributed by atoms with E-state index in [0.717, 1.165) is 37.3 Å². The highest BCUT2D eigenvalue weighted by atomic mass is 16.4. The van der Waals surface area contributed by atoms with Gasteiger partial charge in [0.25, 0.3) is 0 Å². The number of para-hydroxylation sites is 1. The predicted molar refractivity (Wildman–Crippen MR) is 86.4 cm³/mol. The minimum atomic E-state index is -1.06. The lowest BCUT2D eigenvalue weighted by atomic mass is 10.0. The first-order chi connectivity index (χ1) is 11.2. The molecule has 2 aliphatic rings. The molecule has 2 aliphatic heterocycles. The minimum Gasteiger partial charge on any atom is -0.530 e. The molecule has 122 valence electrons. The molecule has 23 heavy (non-hydrogen) atoms. The van der Waals surface area contributed by atoms with Crippen molar-refractivity contribution in [2.75, 3.05) is 24.5 Å². The van der Waals surface area contributed by atoms with Crippen molar-refractivity contribution in [1.82, 2.24) is 14.5 Å². The normalized spacial score (nSPS) is 21.0. The van der Waals surface area contributed by atoms with Crippen molar-refractivity contribution in [2.24, 2.45) is 0 Å².